The monoisotopic (exact) mass is 282 g/mol. The summed E-state index contributed by atoms with van der Waals surface area (Å²) in [4.78, 5) is 18.1. The largest absolute Gasteiger partial charge is 0.379 e. The van der Waals surface area contributed by atoms with E-state index in [-0.39, 0.29) is 11.5 Å². The Bertz CT molecular complexity index is 464. The van der Waals surface area contributed by atoms with Crippen LogP contribution in [0, 0.1) is 5.82 Å². The molecule has 110 valence electrons. The van der Waals surface area contributed by atoms with E-state index in [0.717, 1.165) is 39.0 Å². The fraction of sp³-hybridized carbons (Fsp3) is 0.538. The molecular formula is C13H19FN4O2. The summed E-state index contributed by atoms with van der Waals surface area (Å²) >= 11 is 0. The lowest BCUT2D eigenvalue weighted by Crippen LogP contribution is -2.41. The number of anilines is 1. The Hall–Kier alpha value is -1.73. The molecular weight excluding hydrogens is 263 g/mol. The van der Waals surface area contributed by atoms with Crippen molar-refractivity contribution >= 4 is 11.7 Å². The van der Waals surface area contributed by atoms with E-state index in [1.165, 1.54) is 6.07 Å². The average molecular weight is 282 g/mol. The summed E-state index contributed by atoms with van der Waals surface area (Å²) in [5.41, 5.74) is 0.217. The van der Waals surface area contributed by atoms with Gasteiger partial charge in [-0.3, -0.25) is 9.69 Å². The maximum Gasteiger partial charge on any atom is 0.255 e. The first-order chi connectivity index (χ1) is 9.70. The highest BCUT2D eigenvalue weighted by atomic mass is 19.1. The number of rotatable bonds is 5. The SMILES string of the molecule is CNc1ncc(F)cc1C(=O)NCCN1CCOCC1. The predicted molar refractivity (Wildman–Crippen MR) is 73.3 cm³/mol. The van der Waals surface area contributed by atoms with Crippen molar-refractivity contribution in [2.24, 2.45) is 0 Å². The Morgan fingerprint density at radius 2 is 2.25 bits per heavy atom. The van der Waals surface area contributed by atoms with Crippen molar-refractivity contribution < 1.29 is 13.9 Å². The summed E-state index contributed by atoms with van der Waals surface area (Å²) < 4.78 is 18.4. The molecule has 7 heteroatoms. The first kappa shape index (κ1) is 14.7. The third-order valence-corrected chi connectivity index (χ3v) is 3.15. The van der Waals surface area contributed by atoms with E-state index in [1.807, 2.05) is 0 Å². The van der Waals surface area contributed by atoms with Crippen molar-refractivity contribution in [3.8, 4) is 0 Å². The molecule has 0 saturated carbocycles. The molecule has 0 aliphatic carbocycles. The zero-order valence-electron chi connectivity index (χ0n) is 11.5. The van der Waals surface area contributed by atoms with Crippen LogP contribution < -0.4 is 10.6 Å². The van der Waals surface area contributed by atoms with Crippen LogP contribution in [0.4, 0.5) is 10.2 Å². The van der Waals surface area contributed by atoms with E-state index < -0.39 is 5.82 Å². The molecule has 1 aromatic heterocycles. The van der Waals surface area contributed by atoms with Crippen LogP contribution in [-0.4, -0.2) is 62.2 Å². The molecule has 20 heavy (non-hydrogen) atoms. The maximum atomic E-state index is 13.2. The van der Waals surface area contributed by atoms with Crippen molar-refractivity contribution in [2.75, 3.05) is 51.8 Å². The van der Waals surface area contributed by atoms with E-state index in [4.69, 9.17) is 4.74 Å². The number of morpholine rings is 1. The second-order valence-electron chi connectivity index (χ2n) is 4.51. The van der Waals surface area contributed by atoms with E-state index in [0.29, 0.717) is 12.4 Å². The van der Waals surface area contributed by atoms with E-state index in [1.54, 1.807) is 7.05 Å². The molecule has 0 aromatic carbocycles. The molecule has 6 nitrogen and oxygen atoms in total. The molecule has 2 N–H and O–H groups in total. The molecule has 1 aromatic rings. The van der Waals surface area contributed by atoms with Gasteiger partial charge in [0.15, 0.2) is 0 Å². The summed E-state index contributed by atoms with van der Waals surface area (Å²) in [6.07, 6.45) is 1.08. The first-order valence-electron chi connectivity index (χ1n) is 6.62. The van der Waals surface area contributed by atoms with Gasteiger partial charge in [0.05, 0.1) is 25.0 Å². The van der Waals surface area contributed by atoms with Gasteiger partial charge in [-0.25, -0.2) is 9.37 Å². The molecule has 1 amide bonds. The number of pyridine rings is 1. The Kier molecular flexibility index (Phi) is 5.25. The number of aromatic nitrogens is 1. The Morgan fingerprint density at radius 3 is 2.95 bits per heavy atom. The minimum atomic E-state index is -0.526. The minimum Gasteiger partial charge on any atom is -0.379 e. The third kappa shape index (κ3) is 3.88. The van der Waals surface area contributed by atoms with Crippen LogP contribution in [0.2, 0.25) is 0 Å². The number of carbonyl (C=O) groups is 1. The number of amides is 1. The molecule has 1 aliphatic rings. The summed E-state index contributed by atoms with van der Waals surface area (Å²) in [5.74, 6) is -0.479. The average Bonchev–Trinajstić information content (AvgIpc) is 2.48. The summed E-state index contributed by atoms with van der Waals surface area (Å²) in [5, 5.41) is 5.56. The molecule has 2 heterocycles. The molecule has 0 bridgehead atoms. The Morgan fingerprint density at radius 1 is 1.50 bits per heavy atom. The van der Waals surface area contributed by atoms with Crippen molar-refractivity contribution in [1.29, 1.82) is 0 Å². The van der Waals surface area contributed by atoms with Gasteiger partial charge >= 0.3 is 0 Å². The Balaban J connectivity index is 1.86. The third-order valence-electron chi connectivity index (χ3n) is 3.15. The van der Waals surface area contributed by atoms with Gasteiger partial charge in [-0.05, 0) is 6.07 Å². The fourth-order valence-electron chi connectivity index (χ4n) is 2.06. The number of ether oxygens (including phenoxy) is 1. The highest BCUT2D eigenvalue weighted by Gasteiger charge is 2.14. The van der Waals surface area contributed by atoms with Crippen LogP contribution in [-0.2, 0) is 4.74 Å². The van der Waals surface area contributed by atoms with E-state index in [2.05, 4.69) is 20.5 Å². The van der Waals surface area contributed by atoms with Gasteiger partial charge in [0.2, 0.25) is 0 Å². The number of nitrogens with zero attached hydrogens (tertiary/aromatic N) is 2. The smallest absolute Gasteiger partial charge is 0.255 e. The summed E-state index contributed by atoms with van der Waals surface area (Å²) in [6, 6.07) is 1.18. The maximum absolute atomic E-state index is 13.2. The van der Waals surface area contributed by atoms with Crippen LogP contribution >= 0.6 is 0 Å². The normalized spacial score (nSPS) is 15.9. The highest BCUT2D eigenvalue weighted by molar-refractivity contribution is 5.98. The van der Waals surface area contributed by atoms with Gasteiger partial charge in [-0.2, -0.15) is 0 Å². The van der Waals surface area contributed by atoms with Crippen LogP contribution in [0.1, 0.15) is 10.4 Å². The highest BCUT2D eigenvalue weighted by Crippen LogP contribution is 2.12. The Labute approximate surface area is 117 Å². The van der Waals surface area contributed by atoms with Crippen LogP contribution in [0.15, 0.2) is 12.3 Å². The molecule has 1 fully saturated rings. The lowest BCUT2D eigenvalue weighted by atomic mass is 10.2. The first-order valence-corrected chi connectivity index (χ1v) is 6.62. The summed E-state index contributed by atoms with van der Waals surface area (Å²) in [7, 11) is 1.64. The molecule has 0 radical (unpaired) electrons. The number of carbonyl (C=O) groups excluding carboxylic acids is 1. The number of hydrogen-bond acceptors (Lipinski definition) is 5. The lowest BCUT2D eigenvalue weighted by molar-refractivity contribution is 0.0383. The zero-order chi connectivity index (χ0) is 14.4. The number of halogens is 1. The van der Waals surface area contributed by atoms with Crippen molar-refractivity contribution in [3.05, 3.63) is 23.6 Å². The van der Waals surface area contributed by atoms with Gasteiger partial charge in [0.1, 0.15) is 11.6 Å². The van der Waals surface area contributed by atoms with Crippen LogP contribution in [0.25, 0.3) is 0 Å². The van der Waals surface area contributed by atoms with Crippen LogP contribution in [0.3, 0.4) is 0 Å². The van der Waals surface area contributed by atoms with Gasteiger partial charge in [-0.15, -0.1) is 0 Å². The lowest BCUT2D eigenvalue weighted by Gasteiger charge is -2.26. The van der Waals surface area contributed by atoms with Crippen molar-refractivity contribution in [2.45, 2.75) is 0 Å². The quantitative estimate of drug-likeness (QED) is 0.814. The minimum absolute atomic E-state index is 0.217. The second kappa shape index (κ2) is 7.16. The zero-order valence-corrected chi connectivity index (χ0v) is 11.5. The molecule has 0 unspecified atom stereocenters. The van der Waals surface area contributed by atoms with Gasteiger partial charge in [0.25, 0.3) is 5.91 Å². The molecule has 1 saturated heterocycles. The van der Waals surface area contributed by atoms with Gasteiger partial charge < -0.3 is 15.4 Å². The molecule has 1 aliphatic heterocycles. The van der Waals surface area contributed by atoms with E-state index >= 15 is 0 Å². The molecule has 0 spiro atoms. The number of hydrogen-bond donors (Lipinski definition) is 2. The van der Waals surface area contributed by atoms with Crippen LogP contribution in [0.5, 0.6) is 0 Å². The van der Waals surface area contributed by atoms with Gasteiger partial charge in [0, 0.05) is 33.2 Å². The summed E-state index contributed by atoms with van der Waals surface area (Å²) in [6.45, 7) is 4.47. The van der Waals surface area contributed by atoms with E-state index in [9.17, 15) is 9.18 Å². The van der Waals surface area contributed by atoms with Crippen molar-refractivity contribution in [1.82, 2.24) is 15.2 Å². The standard InChI is InChI=1S/C13H19FN4O2/c1-15-12-11(8-10(14)9-17-12)13(19)16-2-3-18-4-6-20-7-5-18/h8-9H,2-7H2,1H3,(H,15,17)(H,16,19). The predicted octanol–water partition coefficient (Wildman–Crippen LogP) is 0.324. The topological polar surface area (TPSA) is 66.5 Å². The second-order valence-corrected chi connectivity index (χ2v) is 4.51. The van der Waals surface area contributed by atoms with Crippen molar-refractivity contribution in [3.63, 3.8) is 0 Å². The molecule has 0 atom stereocenters. The number of nitrogens with one attached hydrogen (secondary N) is 2. The molecule has 2 rings (SSSR count). The van der Waals surface area contributed by atoms with Gasteiger partial charge in [-0.1, -0.05) is 0 Å². The fourth-order valence-corrected chi connectivity index (χ4v) is 2.06.